The van der Waals surface area contributed by atoms with Gasteiger partial charge in [-0.15, -0.1) is 0 Å². The molecule has 5 nitrogen and oxygen atoms in total. The van der Waals surface area contributed by atoms with Gasteiger partial charge >= 0.3 is 0 Å². The largest absolute Gasteiger partial charge is 0.454 e. The number of H-pyrrole nitrogens is 1. The Kier molecular flexibility index (Phi) is 4.69. The highest BCUT2D eigenvalue weighted by Gasteiger charge is 2.11. The van der Waals surface area contributed by atoms with E-state index in [9.17, 15) is 0 Å². The zero-order valence-electron chi connectivity index (χ0n) is 15.9. The van der Waals surface area contributed by atoms with Crippen LogP contribution < -0.4 is 10.8 Å². The molecule has 0 aliphatic carbocycles. The molecule has 0 unspecified atom stereocenters. The molecule has 2 heterocycles. The molecule has 5 aromatic rings. The molecule has 2 aromatic heterocycles. The second-order valence-electron chi connectivity index (χ2n) is 6.95. The molecule has 5 rings (SSSR count). The Labute approximate surface area is 182 Å². The quantitative estimate of drug-likeness (QED) is 0.317. The topological polar surface area (TPSA) is 66.2 Å². The maximum absolute atomic E-state index is 6.43. The number of imidazole rings is 1. The molecule has 0 spiro atoms. The molecule has 30 heavy (non-hydrogen) atoms. The number of hydrogen-bond donors (Lipinski definition) is 2. The first-order valence-corrected chi connectivity index (χ1v) is 10.1. The van der Waals surface area contributed by atoms with E-state index in [1.807, 2.05) is 61.5 Å². The molecule has 2 N–H and O–H groups in total. The first-order valence-electron chi connectivity index (χ1n) is 9.31. The monoisotopic (exact) mass is 434 g/mol. The van der Waals surface area contributed by atoms with E-state index in [1.165, 1.54) is 5.56 Å². The normalized spacial score (nSPS) is 12.0. The maximum Gasteiger partial charge on any atom is 0.222 e. The minimum atomic E-state index is 0.423. The lowest BCUT2D eigenvalue weighted by Crippen LogP contribution is -2.08. The summed E-state index contributed by atoms with van der Waals surface area (Å²) in [6, 6.07) is 21.1. The van der Waals surface area contributed by atoms with Crippen molar-refractivity contribution >= 4 is 51.2 Å². The van der Waals surface area contributed by atoms with Crippen molar-refractivity contribution in [1.29, 1.82) is 0 Å². The van der Waals surface area contributed by atoms with Crippen molar-refractivity contribution in [2.24, 2.45) is 5.10 Å². The van der Waals surface area contributed by atoms with Crippen LogP contribution in [0.15, 0.2) is 76.2 Å². The zero-order valence-corrected chi connectivity index (χ0v) is 17.4. The van der Waals surface area contributed by atoms with Crippen LogP contribution in [0.4, 0.5) is 5.95 Å². The predicted molar refractivity (Wildman–Crippen MR) is 122 cm³/mol. The lowest BCUT2D eigenvalue weighted by Gasteiger charge is -2.07. The molecular weight excluding hydrogens is 419 g/mol. The molecule has 0 saturated carbocycles. The van der Waals surface area contributed by atoms with Crippen LogP contribution in [-0.2, 0) is 0 Å². The van der Waals surface area contributed by atoms with Gasteiger partial charge in [0.05, 0.1) is 21.4 Å². The van der Waals surface area contributed by atoms with Crippen LogP contribution in [-0.4, -0.2) is 9.97 Å². The van der Waals surface area contributed by atoms with E-state index in [0.717, 1.165) is 16.6 Å². The van der Waals surface area contributed by atoms with Crippen LogP contribution in [0.25, 0.3) is 33.3 Å². The Morgan fingerprint density at radius 3 is 2.60 bits per heavy atom. The Morgan fingerprint density at radius 2 is 1.80 bits per heavy atom. The van der Waals surface area contributed by atoms with E-state index in [2.05, 4.69) is 20.5 Å². The fraction of sp³-hybridized carbons (Fsp3) is 0.0435. The number of aryl methyl sites for hydroxylation is 1. The van der Waals surface area contributed by atoms with Crippen molar-refractivity contribution in [2.75, 3.05) is 5.43 Å². The number of anilines is 1. The zero-order chi connectivity index (χ0) is 20.7. The summed E-state index contributed by atoms with van der Waals surface area (Å²) in [5.74, 6) is 1.19. The smallest absolute Gasteiger partial charge is 0.222 e. The molecule has 0 fully saturated rings. The third-order valence-electron chi connectivity index (χ3n) is 4.77. The summed E-state index contributed by atoms with van der Waals surface area (Å²) in [6.07, 6.45) is 0. The number of nitrogens with one attached hydrogen (secondary N) is 2. The summed E-state index contributed by atoms with van der Waals surface area (Å²) >= 11 is 12.7. The van der Waals surface area contributed by atoms with Gasteiger partial charge in [0.1, 0.15) is 5.76 Å². The molecule has 0 radical (unpaired) electrons. The van der Waals surface area contributed by atoms with Gasteiger partial charge in [-0.3, -0.25) is 0 Å². The Hall–Kier alpha value is -3.28. The second kappa shape index (κ2) is 7.52. The number of hydrogen-bond acceptors (Lipinski definition) is 4. The highest BCUT2D eigenvalue weighted by Crippen LogP contribution is 2.30. The lowest BCUT2D eigenvalue weighted by atomic mass is 10.1. The number of aromatic nitrogens is 2. The third-order valence-corrected chi connectivity index (χ3v) is 5.27. The fourth-order valence-electron chi connectivity index (χ4n) is 3.27. The number of benzene rings is 3. The molecule has 148 valence electrons. The molecule has 0 saturated heterocycles. The minimum Gasteiger partial charge on any atom is -0.454 e. The van der Waals surface area contributed by atoms with Crippen molar-refractivity contribution in [3.8, 4) is 11.3 Å². The van der Waals surface area contributed by atoms with Gasteiger partial charge in [0, 0.05) is 22.0 Å². The van der Waals surface area contributed by atoms with Gasteiger partial charge in [0.25, 0.3) is 0 Å². The molecule has 0 aliphatic heterocycles. The molecule has 3 aromatic carbocycles. The van der Waals surface area contributed by atoms with Gasteiger partial charge in [-0.1, -0.05) is 65.2 Å². The average molecular weight is 435 g/mol. The highest BCUT2D eigenvalue weighted by molar-refractivity contribution is 6.38. The van der Waals surface area contributed by atoms with Gasteiger partial charge in [-0.05, 0) is 31.2 Å². The fourth-order valence-corrected chi connectivity index (χ4v) is 3.80. The summed E-state index contributed by atoms with van der Waals surface area (Å²) in [6.45, 7) is 2.04. The molecule has 0 amide bonds. The van der Waals surface area contributed by atoms with Crippen LogP contribution in [0.3, 0.4) is 0 Å². The number of nitrogens with zero attached hydrogens (tertiary/aromatic N) is 2. The average Bonchev–Trinajstić information content (AvgIpc) is 3.16. The number of para-hydroxylation sites is 2. The highest BCUT2D eigenvalue weighted by atomic mass is 35.5. The Morgan fingerprint density at radius 1 is 1.00 bits per heavy atom. The van der Waals surface area contributed by atoms with Crippen LogP contribution in [0, 0.1) is 6.92 Å². The van der Waals surface area contributed by atoms with Crippen molar-refractivity contribution < 1.29 is 4.42 Å². The van der Waals surface area contributed by atoms with E-state index in [0.29, 0.717) is 38.1 Å². The van der Waals surface area contributed by atoms with Crippen molar-refractivity contribution in [1.82, 2.24) is 9.97 Å². The van der Waals surface area contributed by atoms with Crippen molar-refractivity contribution in [3.63, 3.8) is 0 Å². The van der Waals surface area contributed by atoms with E-state index in [4.69, 9.17) is 27.6 Å². The van der Waals surface area contributed by atoms with Crippen LogP contribution in [0.2, 0.25) is 10.0 Å². The van der Waals surface area contributed by atoms with E-state index in [-0.39, 0.29) is 0 Å². The first kappa shape index (κ1) is 18.7. The SMILES string of the molecule is Cc1ccc(-c2cc(=NNc3nc4ccccc4[nH]3)c3cc(Cl)cc(Cl)c3o2)cc1. The van der Waals surface area contributed by atoms with Crippen molar-refractivity contribution in [2.45, 2.75) is 6.92 Å². The molecule has 7 heteroatoms. The van der Waals surface area contributed by atoms with E-state index in [1.54, 1.807) is 12.1 Å². The maximum atomic E-state index is 6.43. The van der Waals surface area contributed by atoms with Crippen LogP contribution in [0.1, 0.15) is 5.56 Å². The number of halogens is 2. The molecule has 0 aliphatic rings. The van der Waals surface area contributed by atoms with Crippen LogP contribution >= 0.6 is 23.2 Å². The standard InChI is InChI=1S/C23H16Cl2N4O/c1-13-6-8-14(9-7-13)21-12-20(16-10-15(24)11-17(25)22(16)30-21)28-29-23-26-18-4-2-3-5-19(18)27-23/h2-12H,1H3,(H2,26,27,29). The van der Waals surface area contributed by atoms with Gasteiger partial charge in [0.2, 0.25) is 5.95 Å². The van der Waals surface area contributed by atoms with Crippen molar-refractivity contribution in [3.05, 3.63) is 87.7 Å². The summed E-state index contributed by atoms with van der Waals surface area (Å²) in [4.78, 5) is 7.69. The second-order valence-corrected chi connectivity index (χ2v) is 7.80. The summed E-state index contributed by atoms with van der Waals surface area (Å²) in [5.41, 5.74) is 7.39. The van der Waals surface area contributed by atoms with Gasteiger partial charge in [-0.2, -0.15) is 5.10 Å². The number of fused-ring (bicyclic) bond motifs is 2. The Bertz CT molecular complexity index is 1420. The number of rotatable bonds is 3. The molecule has 0 atom stereocenters. The third kappa shape index (κ3) is 3.54. The summed E-state index contributed by atoms with van der Waals surface area (Å²) in [5, 5.41) is 6.83. The van der Waals surface area contributed by atoms with E-state index >= 15 is 0 Å². The van der Waals surface area contributed by atoms with Gasteiger partial charge in [0.15, 0.2) is 5.58 Å². The Balaban J connectivity index is 1.68. The predicted octanol–water partition coefficient (Wildman–Crippen LogP) is 6.52. The minimum absolute atomic E-state index is 0.423. The lowest BCUT2D eigenvalue weighted by molar-refractivity contribution is 0.618. The van der Waals surface area contributed by atoms with Gasteiger partial charge < -0.3 is 9.40 Å². The molecular formula is C23H16Cl2N4O. The first-order chi connectivity index (χ1) is 14.6. The van der Waals surface area contributed by atoms with Crippen LogP contribution in [0.5, 0.6) is 0 Å². The number of aromatic amines is 1. The van der Waals surface area contributed by atoms with Gasteiger partial charge in [-0.25, -0.2) is 10.4 Å². The summed E-state index contributed by atoms with van der Waals surface area (Å²) in [7, 11) is 0. The molecule has 0 bridgehead atoms. The summed E-state index contributed by atoms with van der Waals surface area (Å²) < 4.78 is 6.11. The van der Waals surface area contributed by atoms with E-state index < -0.39 is 0 Å².